The van der Waals surface area contributed by atoms with E-state index in [9.17, 15) is 4.79 Å². The number of fused-ring (bicyclic) bond motifs is 2. The van der Waals surface area contributed by atoms with Gasteiger partial charge in [0.2, 0.25) is 0 Å². The highest BCUT2D eigenvalue weighted by molar-refractivity contribution is 5.99. The summed E-state index contributed by atoms with van der Waals surface area (Å²) < 4.78 is 16.8. The van der Waals surface area contributed by atoms with E-state index < -0.39 is 36.0 Å². The van der Waals surface area contributed by atoms with Gasteiger partial charge in [-0.25, -0.2) is 0 Å². The smallest absolute Gasteiger partial charge is 0.309 e. The third-order valence-corrected chi connectivity index (χ3v) is 3.66. The van der Waals surface area contributed by atoms with E-state index in [0.717, 1.165) is 0 Å². The number of oxime groups is 1. The Kier molecular flexibility index (Phi) is 2.42. The third kappa shape index (κ3) is 1.62. The summed E-state index contributed by atoms with van der Waals surface area (Å²) in [5.74, 6) is -2.76. The van der Waals surface area contributed by atoms with Crippen molar-refractivity contribution >= 4 is 11.7 Å². The first kappa shape index (κ1) is 11.9. The lowest BCUT2D eigenvalue weighted by molar-refractivity contribution is -0.300. The largest absolute Gasteiger partial charge is 0.481 e. The first-order valence-corrected chi connectivity index (χ1v) is 5.86. The highest BCUT2D eigenvalue weighted by Crippen LogP contribution is 2.50. The fraction of sp³-hybridized carbons (Fsp3) is 0.818. The summed E-state index contributed by atoms with van der Waals surface area (Å²) >= 11 is 0. The molecule has 1 unspecified atom stereocenters. The molecule has 0 aromatic rings. The normalized spacial score (nSPS) is 47.2. The van der Waals surface area contributed by atoms with E-state index in [4.69, 9.17) is 24.5 Å². The Morgan fingerprint density at radius 2 is 2.22 bits per heavy atom. The Morgan fingerprint density at radius 1 is 1.50 bits per heavy atom. The van der Waals surface area contributed by atoms with E-state index >= 15 is 0 Å². The van der Waals surface area contributed by atoms with Crippen molar-refractivity contribution in [3.8, 4) is 0 Å². The van der Waals surface area contributed by atoms with Gasteiger partial charge in [0.1, 0.15) is 12.2 Å². The molecule has 5 atom stereocenters. The molecule has 0 spiro atoms. The van der Waals surface area contributed by atoms with E-state index in [0.29, 0.717) is 12.3 Å². The van der Waals surface area contributed by atoms with Crippen LogP contribution in [0.3, 0.4) is 0 Å². The molecule has 2 heterocycles. The molecule has 18 heavy (non-hydrogen) atoms. The molecule has 1 saturated carbocycles. The van der Waals surface area contributed by atoms with Gasteiger partial charge in [-0.05, 0) is 13.8 Å². The molecule has 2 N–H and O–H groups in total. The number of nitrogens with zero attached hydrogens (tertiary/aromatic N) is 1. The molecular formula is C11H15NO6. The lowest BCUT2D eigenvalue weighted by Gasteiger charge is -2.42. The first-order valence-electron chi connectivity index (χ1n) is 5.86. The second kappa shape index (κ2) is 3.66. The number of hydrogen-bond acceptors (Lipinski definition) is 6. The Labute approximate surface area is 103 Å². The van der Waals surface area contributed by atoms with Crippen molar-refractivity contribution in [3.63, 3.8) is 0 Å². The minimum absolute atomic E-state index is 0.298. The van der Waals surface area contributed by atoms with Gasteiger partial charge in [-0.2, -0.15) is 0 Å². The fourth-order valence-corrected chi connectivity index (χ4v) is 2.76. The van der Waals surface area contributed by atoms with Crippen molar-refractivity contribution in [2.24, 2.45) is 17.0 Å². The minimum atomic E-state index is -0.940. The lowest BCUT2D eigenvalue weighted by Crippen LogP contribution is -2.56. The zero-order valence-electron chi connectivity index (χ0n) is 10.1. The number of carboxylic acids is 1. The zero-order valence-corrected chi connectivity index (χ0v) is 10.1. The number of hydrogen-bond donors (Lipinski definition) is 2. The summed E-state index contributed by atoms with van der Waals surface area (Å²) in [7, 11) is 0. The molecule has 7 heteroatoms. The van der Waals surface area contributed by atoms with Crippen LogP contribution in [-0.4, -0.2) is 52.7 Å². The first-order chi connectivity index (χ1) is 8.44. The molecular weight excluding hydrogens is 242 g/mol. The maximum absolute atomic E-state index is 11.0. The number of aliphatic carboxylic acids is 1. The monoisotopic (exact) mass is 257 g/mol. The molecule has 3 aliphatic rings. The number of carbonyl (C=O) groups is 1. The van der Waals surface area contributed by atoms with Crippen LogP contribution in [0.5, 0.6) is 0 Å². The summed E-state index contributed by atoms with van der Waals surface area (Å²) in [6.07, 6.45) is -1.37. The van der Waals surface area contributed by atoms with Gasteiger partial charge in [0, 0.05) is 5.92 Å². The van der Waals surface area contributed by atoms with Gasteiger partial charge in [0.05, 0.1) is 24.3 Å². The molecule has 1 aliphatic carbocycles. The SMILES string of the molecule is CC1(C)OC[C@H]2O[C@@H]3C(C(=O)O)[C@@H]3C(=NO)[C@@H]2O1. The van der Waals surface area contributed by atoms with Crippen LogP contribution in [0, 0.1) is 11.8 Å². The Bertz CT molecular complexity index is 420. The van der Waals surface area contributed by atoms with E-state index in [2.05, 4.69) is 5.16 Å². The van der Waals surface area contributed by atoms with Gasteiger partial charge in [-0.15, -0.1) is 0 Å². The Balaban J connectivity index is 1.86. The molecule has 2 aliphatic heterocycles. The predicted octanol–water partition coefficient (Wildman–Crippen LogP) is 0.0661. The van der Waals surface area contributed by atoms with Crippen LogP contribution in [-0.2, 0) is 19.0 Å². The van der Waals surface area contributed by atoms with Gasteiger partial charge < -0.3 is 24.5 Å². The zero-order chi connectivity index (χ0) is 13.1. The van der Waals surface area contributed by atoms with Gasteiger partial charge in [0.15, 0.2) is 5.79 Å². The van der Waals surface area contributed by atoms with Gasteiger partial charge >= 0.3 is 5.97 Å². The molecule has 3 rings (SSSR count). The average molecular weight is 257 g/mol. The Hall–Kier alpha value is -1.18. The van der Waals surface area contributed by atoms with E-state index in [1.54, 1.807) is 13.8 Å². The summed E-state index contributed by atoms with van der Waals surface area (Å²) in [6, 6.07) is 0. The molecule has 0 aromatic carbocycles. The maximum Gasteiger partial charge on any atom is 0.309 e. The number of carboxylic acid groups (broad SMARTS) is 1. The molecule has 100 valence electrons. The quantitative estimate of drug-likeness (QED) is 0.509. The van der Waals surface area contributed by atoms with Crippen LogP contribution in [0.1, 0.15) is 13.8 Å². The van der Waals surface area contributed by atoms with Crippen molar-refractivity contribution in [2.45, 2.75) is 37.9 Å². The van der Waals surface area contributed by atoms with Crippen LogP contribution in [0.15, 0.2) is 5.16 Å². The molecule has 3 fully saturated rings. The number of rotatable bonds is 1. The summed E-state index contributed by atoms with van der Waals surface area (Å²) in [5, 5.41) is 21.4. The second-order valence-corrected chi connectivity index (χ2v) is 5.30. The van der Waals surface area contributed by atoms with Crippen LogP contribution < -0.4 is 0 Å². The fourth-order valence-electron chi connectivity index (χ4n) is 2.76. The van der Waals surface area contributed by atoms with Crippen LogP contribution in [0.4, 0.5) is 0 Å². The predicted molar refractivity (Wildman–Crippen MR) is 57.4 cm³/mol. The molecule has 7 nitrogen and oxygen atoms in total. The summed E-state index contributed by atoms with van der Waals surface area (Å²) in [6.45, 7) is 3.81. The second-order valence-electron chi connectivity index (χ2n) is 5.30. The molecule has 0 aromatic heterocycles. The third-order valence-electron chi connectivity index (χ3n) is 3.66. The highest BCUT2D eigenvalue weighted by Gasteiger charge is 2.66. The average Bonchev–Trinajstić information content (AvgIpc) is 2.99. The summed E-state index contributed by atoms with van der Waals surface area (Å²) in [5.41, 5.74) is 0.361. The van der Waals surface area contributed by atoms with E-state index in [1.165, 1.54) is 0 Å². The molecule has 0 amide bonds. The van der Waals surface area contributed by atoms with Crippen molar-refractivity contribution in [1.29, 1.82) is 0 Å². The Morgan fingerprint density at radius 3 is 2.83 bits per heavy atom. The lowest BCUT2D eigenvalue weighted by atomic mass is 10.00. The molecule has 2 saturated heterocycles. The summed E-state index contributed by atoms with van der Waals surface area (Å²) in [4.78, 5) is 11.0. The van der Waals surface area contributed by atoms with Crippen molar-refractivity contribution in [3.05, 3.63) is 0 Å². The van der Waals surface area contributed by atoms with Crippen molar-refractivity contribution in [1.82, 2.24) is 0 Å². The minimum Gasteiger partial charge on any atom is -0.481 e. The topological polar surface area (TPSA) is 97.6 Å². The van der Waals surface area contributed by atoms with Crippen LogP contribution >= 0.6 is 0 Å². The van der Waals surface area contributed by atoms with Crippen LogP contribution in [0.25, 0.3) is 0 Å². The highest BCUT2D eigenvalue weighted by atomic mass is 16.7. The van der Waals surface area contributed by atoms with Crippen molar-refractivity contribution in [2.75, 3.05) is 6.61 Å². The molecule has 0 radical (unpaired) electrons. The number of ether oxygens (including phenoxy) is 3. The van der Waals surface area contributed by atoms with E-state index in [-0.39, 0.29) is 5.92 Å². The standard InChI is InChI=1S/C11H15NO6/c1-11(2)16-3-4-8(18-11)7(12-15)5-6(10(13)14)9(5)17-4/h4-6,8-9,15H,3H2,1-2H3,(H,13,14)/t4-,5-,6?,8-,9+/m1/s1. The molecule has 0 bridgehead atoms. The maximum atomic E-state index is 11.0. The van der Waals surface area contributed by atoms with Crippen molar-refractivity contribution < 1.29 is 29.3 Å². The van der Waals surface area contributed by atoms with E-state index in [1.807, 2.05) is 0 Å². The van der Waals surface area contributed by atoms with Crippen LogP contribution in [0.2, 0.25) is 0 Å². The van der Waals surface area contributed by atoms with Gasteiger partial charge in [-0.3, -0.25) is 4.79 Å². The van der Waals surface area contributed by atoms with Gasteiger partial charge in [-0.1, -0.05) is 5.16 Å². The van der Waals surface area contributed by atoms with Gasteiger partial charge in [0.25, 0.3) is 0 Å².